The highest BCUT2D eigenvalue weighted by Gasteiger charge is 2.20. The number of amides is 1. The van der Waals surface area contributed by atoms with E-state index in [-0.39, 0.29) is 11.6 Å². The van der Waals surface area contributed by atoms with Gasteiger partial charge < -0.3 is 0 Å². The Labute approximate surface area is 156 Å². The fourth-order valence-electron chi connectivity index (χ4n) is 2.23. The molecule has 3 aromatic rings. The number of anilines is 2. The molecule has 1 amide bonds. The molecule has 3 nitrogen and oxygen atoms in total. The van der Waals surface area contributed by atoms with Gasteiger partial charge >= 0.3 is 0 Å². The average Bonchev–Trinajstić information content (AvgIpc) is 3.06. The molecule has 134 valence electrons. The maximum absolute atomic E-state index is 14.0. The molecule has 0 spiro atoms. The van der Waals surface area contributed by atoms with E-state index in [1.54, 1.807) is 17.5 Å². The van der Waals surface area contributed by atoms with E-state index in [2.05, 4.69) is 4.98 Å². The Morgan fingerprint density at radius 3 is 2.58 bits per heavy atom. The number of para-hydroxylation sites is 1. The molecule has 0 atom stereocenters. The number of benzene rings is 2. The van der Waals surface area contributed by atoms with Crippen LogP contribution >= 0.6 is 23.1 Å². The van der Waals surface area contributed by atoms with Crippen LogP contribution in [0, 0.1) is 17.5 Å². The first-order valence-corrected chi connectivity index (χ1v) is 9.39. The third-order valence-electron chi connectivity index (χ3n) is 3.42. The zero-order chi connectivity index (χ0) is 18.7. The van der Waals surface area contributed by atoms with Gasteiger partial charge in [-0.05, 0) is 30.3 Å². The van der Waals surface area contributed by atoms with E-state index in [1.807, 2.05) is 0 Å². The van der Waals surface area contributed by atoms with Crippen molar-refractivity contribution in [3.8, 4) is 0 Å². The Morgan fingerprint density at radius 2 is 1.88 bits per heavy atom. The molecule has 3 rings (SSSR count). The van der Waals surface area contributed by atoms with Gasteiger partial charge in [-0.3, -0.25) is 9.69 Å². The smallest absolute Gasteiger partial charge is 0.230 e. The Bertz CT molecular complexity index is 946. The summed E-state index contributed by atoms with van der Waals surface area (Å²) in [6.45, 7) is 1.34. The highest BCUT2D eigenvalue weighted by Crippen LogP contribution is 2.32. The number of hydrogen-bond acceptors (Lipinski definition) is 4. The van der Waals surface area contributed by atoms with Gasteiger partial charge in [0.2, 0.25) is 5.91 Å². The van der Waals surface area contributed by atoms with Crippen molar-refractivity contribution in [2.75, 3.05) is 4.90 Å². The van der Waals surface area contributed by atoms with Crippen molar-refractivity contribution >= 4 is 39.8 Å². The van der Waals surface area contributed by atoms with Crippen molar-refractivity contribution in [1.82, 2.24) is 4.98 Å². The molecule has 0 aliphatic heterocycles. The highest BCUT2D eigenvalue weighted by atomic mass is 32.2. The molecule has 0 fully saturated rings. The van der Waals surface area contributed by atoms with Crippen molar-refractivity contribution in [3.63, 3.8) is 0 Å². The Balaban J connectivity index is 1.78. The van der Waals surface area contributed by atoms with Crippen LogP contribution in [0.1, 0.15) is 12.6 Å². The summed E-state index contributed by atoms with van der Waals surface area (Å²) in [5.74, 6) is -2.27. The van der Waals surface area contributed by atoms with E-state index in [0.717, 1.165) is 12.1 Å². The molecule has 2 aromatic carbocycles. The monoisotopic (exact) mass is 394 g/mol. The van der Waals surface area contributed by atoms with E-state index in [0.29, 0.717) is 21.5 Å². The summed E-state index contributed by atoms with van der Waals surface area (Å²) in [4.78, 5) is 18.2. The van der Waals surface area contributed by atoms with Gasteiger partial charge in [0.25, 0.3) is 0 Å². The minimum Gasteiger partial charge on any atom is -0.274 e. The quantitative estimate of drug-likeness (QED) is 0.533. The second-order valence-electron chi connectivity index (χ2n) is 5.29. The number of carbonyl (C=O) groups excluding carboxylic acids is 1. The lowest BCUT2D eigenvalue weighted by Crippen LogP contribution is -2.23. The summed E-state index contributed by atoms with van der Waals surface area (Å²) in [5, 5.41) is 2.10. The summed E-state index contributed by atoms with van der Waals surface area (Å²) in [6, 6.07) is 9.64. The van der Waals surface area contributed by atoms with Gasteiger partial charge in [0.05, 0.1) is 11.4 Å². The fraction of sp³-hybridized carbons (Fsp3) is 0.111. The number of hydrogen-bond donors (Lipinski definition) is 0. The molecule has 26 heavy (non-hydrogen) atoms. The maximum Gasteiger partial charge on any atom is 0.230 e. The lowest BCUT2D eigenvalue weighted by molar-refractivity contribution is -0.115. The second-order valence-corrected chi connectivity index (χ2v) is 7.18. The summed E-state index contributed by atoms with van der Waals surface area (Å²) in [7, 11) is 0. The van der Waals surface area contributed by atoms with Gasteiger partial charge in [-0.2, -0.15) is 0 Å². The van der Waals surface area contributed by atoms with Crippen LogP contribution in [0.2, 0.25) is 0 Å². The summed E-state index contributed by atoms with van der Waals surface area (Å²) in [6.07, 6.45) is 0. The predicted molar refractivity (Wildman–Crippen MR) is 97.3 cm³/mol. The molecular formula is C18H13F3N2OS2. The van der Waals surface area contributed by atoms with Crippen molar-refractivity contribution in [2.24, 2.45) is 0 Å². The molecule has 1 aromatic heterocycles. The zero-order valence-corrected chi connectivity index (χ0v) is 15.2. The predicted octanol–water partition coefficient (Wildman–Crippen LogP) is 5.54. The van der Waals surface area contributed by atoms with Gasteiger partial charge in [-0.25, -0.2) is 18.2 Å². The Morgan fingerprint density at radius 1 is 1.12 bits per heavy atom. The molecule has 0 saturated heterocycles. The minimum atomic E-state index is -0.906. The first-order valence-electron chi connectivity index (χ1n) is 7.53. The van der Waals surface area contributed by atoms with Crippen LogP contribution in [0.5, 0.6) is 0 Å². The maximum atomic E-state index is 14.0. The number of thioether (sulfide) groups is 1. The van der Waals surface area contributed by atoms with E-state index < -0.39 is 17.5 Å². The topological polar surface area (TPSA) is 33.2 Å². The van der Waals surface area contributed by atoms with Gasteiger partial charge in [0, 0.05) is 23.0 Å². The molecule has 0 aliphatic rings. The number of rotatable bonds is 5. The lowest BCUT2D eigenvalue weighted by Gasteiger charge is -2.18. The SMILES string of the molecule is CC(=O)N(c1nc(CSc2ccc(F)c(F)c2)cs1)c1ccccc1F. The molecule has 0 bridgehead atoms. The standard InChI is InChI=1S/C18H13F3N2OS2/c1-11(24)23(17-5-3-2-4-15(17)20)18-22-12(10-26-18)9-25-13-6-7-14(19)16(21)8-13/h2-8,10H,9H2,1H3. The van der Waals surface area contributed by atoms with Crippen LogP contribution < -0.4 is 4.90 Å². The van der Waals surface area contributed by atoms with E-state index >= 15 is 0 Å². The van der Waals surface area contributed by atoms with Crippen LogP contribution in [0.3, 0.4) is 0 Å². The van der Waals surface area contributed by atoms with Crippen LogP contribution in [-0.4, -0.2) is 10.9 Å². The molecule has 0 saturated carbocycles. The average molecular weight is 394 g/mol. The molecule has 0 radical (unpaired) electrons. The summed E-state index contributed by atoms with van der Waals surface area (Å²) in [5.41, 5.74) is 0.788. The van der Waals surface area contributed by atoms with Crippen molar-refractivity contribution in [1.29, 1.82) is 0 Å². The number of carbonyl (C=O) groups is 1. The van der Waals surface area contributed by atoms with E-state index in [1.165, 1.54) is 53.1 Å². The van der Waals surface area contributed by atoms with Crippen molar-refractivity contribution in [2.45, 2.75) is 17.6 Å². The van der Waals surface area contributed by atoms with Gasteiger partial charge in [0.1, 0.15) is 5.82 Å². The summed E-state index contributed by atoms with van der Waals surface area (Å²) < 4.78 is 40.3. The van der Waals surface area contributed by atoms with Crippen molar-refractivity contribution in [3.05, 3.63) is 71.0 Å². The van der Waals surface area contributed by atoms with Crippen LogP contribution in [-0.2, 0) is 10.5 Å². The third-order valence-corrected chi connectivity index (χ3v) is 5.32. The minimum absolute atomic E-state index is 0.133. The molecule has 1 heterocycles. The molecule has 0 unspecified atom stereocenters. The van der Waals surface area contributed by atoms with Crippen LogP contribution in [0.15, 0.2) is 52.7 Å². The largest absolute Gasteiger partial charge is 0.274 e. The zero-order valence-electron chi connectivity index (χ0n) is 13.6. The van der Waals surface area contributed by atoms with Crippen LogP contribution in [0.4, 0.5) is 24.0 Å². The number of thiazole rings is 1. The lowest BCUT2D eigenvalue weighted by atomic mass is 10.3. The van der Waals surface area contributed by atoms with Gasteiger partial charge in [0.15, 0.2) is 16.8 Å². The normalized spacial score (nSPS) is 10.8. The number of halogens is 3. The molecule has 0 N–H and O–H groups in total. The molecule has 0 aliphatic carbocycles. The van der Waals surface area contributed by atoms with Crippen LogP contribution in [0.25, 0.3) is 0 Å². The second kappa shape index (κ2) is 7.92. The Hall–Kier alpha value is -2.32. The first-order chi connectivity index (χ1) is 12.5. The number of nitrogens with zero attached hydrogens (tertiary/aromatic N) is 2. The van der Waals surface area contributed by atoms with Gasteiger partial charge in [-0.15, -0.1) is 23.1 Å². The van der Waals surface area contributed by atoms with Gasteiger partial charge in [-0.1, -0.05) is 12.1 Å². The highest BCUT2D eigenvalue weighted by molar-refractivity contribution is 7.98. The summed E-state index contributed by atoms with van der Waals surface area (Å²) >= 11 is 2.50. The third kappa shape index (κ3) is 4.08. The molecule has 8 heteroatoms. The molecular weight excluding hydrogens is 381 g/mol. The van der Waals surface area contributed by atoms with E-state index in [9.17, 15) is 18.0 Å². The Kier molecular flexibility index (Phi) is 5.63. The van der Waals surface area contributed by atoms with E-state index in [4.69, 9.17) is 0 Å². The fourth-order valence-corrected chi connectivity index (χ4v) is 4.03. The number of aromatic nitrogens is 1. The first kappa shape index (κ1) is 18.5. The van der Waals surface area contributed by atoms with Crippen molar-refractivity contribution < 1.29 is 18.0 Å².